The number of rotatable bonds is 4. The molecule has 1 aromatic heterocycles. The summed E-state index contributed by atoms with van der Waals surface area (Å²) in [5.41, 5.74) is 4.97. The maximum absolute atomic E-state index is 12.6. The summed E-state index contributed by atoms with van der Waals surface area (Å²) in [4.78, 5) is 36.9. The lowest BCUT2D eigenvalue weighted by Crippen LogP contribution is -2.18. The van der Waals surface area contributed by atoms with Crippen molar-refractivity contribution in [1.29, 1.82) is 0 Å². The van der Waals surface area contributed by atoms with Crippen LogP contribution >= 0.6 is 11.3 Å². The third-order valence-corrected chi connectivity index (χ3v) is 7.05. The van der Waals surface area contributed by atoms with Crippen molar-refractivity contribution in [2.24, 2.45) is 0 Å². The monoisotopic (exact) mass is 433 g/mol. The van der Waals surface area contributed by atoms with Gasteiger partial charge in [-0.1, -0.05) is 48.5 Å². The molecule has 0 unspecified atom stereocenters. The van der Waals surface area contributed by atoms with E-state index in [2.05, 4.69) is 17.4 Å². The molecule has 156 valence electrons. The van der Waals surface area contributed by atoms with Gasteiger partial charge in [-0.05, 0) is 40.7 Å². The van der Waals surface area contributed by atoms with E-state index in [-0.39, 0.29) is 28.9 Å². The van der Waals surface area contributed by atoms with Gasteiger partial charge in [-0.25, -0.2) is 9.59 Å². The lowest BCUT2D eigenvalue weighted by Gasteiger charge is -2.14. The van der Waals surface area contributed by atoms with Crippen molar-refractivity contribution in [3.8, 4) is 11.1 Å². The Balaban J connectivity index is 1.36. The summed E-state index contributed by atoms with van der Waals surface area (Å²) in [7, 11) is 0. The lowest BCUT2D eigenvalue weighted by atomic mass is 9.94. The number of aromatic carboxylic acids is 1. The maximum Gasteiger partial charge on any atom is 0.412 e. The zero-order valence-corrected chi connectivity index (χ0v) is 17.3. The third-order valence-electron chi connectivity index (χ3n) is 5.86. The molecule has 1 amide bonds. The Bertz CT molecular complexity index is 1180. The number of carbonyl (C=O) groups excluding carboxylic acids is 2. The number of hydrogen-bond acceptors (Lipinski definition) is 5. The summed E-state index contributed by atoms with van der Waals surface area (Å²) in [6, 6.07) is 16.1. The molecule has 0 saturated carbocycles. The highest BCUT2D eigenvalue weighted by Gasteiger charge is 2.31. The Kier molecular flexibility index (Phi) is 4.82. The minimum absolute atomic E-state index is 0.00144. The molecule has 2 aliphatic rings. The van der Waals surface area contributed by atoms with Gasteiger partial charge >= 0.3 is 12.1 Å². The summed E-state index contributed by atoms with van der Waals surface area (Å²) >= 11 is 1.02. The first-order valence-electron chi connectivity index (χ1n) is 10.1. The van der Waals surface area contributed by atoms with E-state index in [1.807, 2.05) is 36.4 Å². The van der Waals surface area contributed by atoms with Crippen LogP contribution < -0.4 is 5.32 Å². The third kappa shape index (κ3) is 3.31. The van der Waals surface area contributed by atoms with Crippen LogP contribution in [0.5, 0.6) is 0 Å². The highest BCUT2D eigenvalue weighted by atomic mass is 32.1. The predicted molar refractivity (Wildman–Crippen MR) is 117 cm³/mol. The topological polar surface area (TPSA) is 92.7 Å². The van der Waals surface area contributed by atoms with Gasteiger partial charge in [0.25, 0.3) is 0 Å². The largest absolute Gasteiger partial charge is 0.478 e. The zero-order chi connectivity index (χ0) is 21.5. The number of amides is 1. The van der Waals surface area contributed by atoms with Gasteiger partial charge in [0.1, 0.15) is 11.6 Å². The van der Waals surface area contributed by atoms with E-state index in [9.17, 15) is 19.5 Å². The van der Waals surface area contributed by atoms with Crippen molar-refractivity contribution >= 4 is 34.2 Å². The molecular weight excluding hydrogens is 414 g/mol. The van der Waals surface area contributed by atoms with Gasteiger partial charge in [0.2, 0.25) is 0 Å². The standard InChI is InChI=1S/C24H19NO5S/c26-19-11-5-10-17-20(23(27)28)22(31-21(17)19)25-24(29)30-12-18-15-8-3-1-6-13(15)14-7-2-4-9-16(14)18/h1-4,6-9,18H,5,10-12H2,(H,25,29)(H,27,28). The molecule has 1 heterocycles. The van der Waals surface area contributed by atoms with Crippen LogP contribution in [-0.4, -0.2) is 29.6 Å². The number of ketones is 1. The Morgan fingerprint density at radius 2 is 1.68 bits per heavy atom. The van der Waals surface area contributed by atoms with E-state index >= 15 is 0 Å². The van der Waals surface area contributed by atoms with Crippen molar-refractivity contribution in [3.63, 3.8) is 0 Å². The number of hydrogen-bond donors (Lipinski definition) is 2. The average molecular weight is 433 g/mol. The van der Waals surface area contributed by atoms with Crippen molar-refractivity contribution in [3.05, 3.63) is 75.7 Å². The van der Waals surface area contributed by atoms with Gasteiger partial charge in [0, 0.05) is 12.3 Å². The molecule has 0 fully saturated rings. The Hall–Kier alpha value is -3.45. The number of thiophene rings is 1. The van der Waals surface area contributed by atoms with E-state index in [0.29, 0.717) is 29.7 Å². The maximum atomic E-state index is 12.6. The molecule has 6 nitrogen and oxygen atoms in total. The van der Waals surface area contributed by atoms with Crippen molar-refractivity contribution in [1.82, 2.24) is 0 Å². The number of nitrogens with one attached hydrogen (secondary N) is 1. The number of fused-ring (bicyclic) bond motifs is 4. The molecule has 5 rings (SSSR count). The second kappa shape index (κ2) is 7.67. The summed E-state index contributed by atoms with van der Waals surface area (Å²) in [5, 5.41) is 12.4. The first-order valence-corrected chi connectivity index (χ1v) is 10.9. The average Bonchev–Trinajstić information content (AvgIpc) is 3.29. The van der Waals surface area contributed by atoms with Gasteiger partial charge in [0.15, 0.2) is 5.78 Å². The Labute approximate surface area is 182 Å². The van der Waals surface area contributed by atoms with Crippen LogP contribution in [0.25, 0.3) is 11.1 Å². The van der Waals surface area contributed by atoms with E-state index in [4.69, 9.17) is 4.74 Å². The molecule has 2 aromatic carbocycles. The smallest absolute Gasteiger partial charge is 0.412 e. The predicted octanol–water partition coefficient (Wildman–Crippen LogP) is 5.33. The fraction of sp³-hybridized carbons (Fsp3) is 0.208. The van der Waals surface area contributed by atoms with Crippen LogP contribution in [0.15, 0.2) is 48.5 Å². The van der Waals surface area contributed by atoms with Gasteiger partial charge < -0.3 is 9.84 Å². The number of ether oxygens (including phenoxy) is 1. The van der Waals surface area contributed by atoms with Crippen molar-refractivity contribution < 1.29 is 24.2 Å². The molecule has 0 aliphatic heterocycles. The molecule has 3 aromatic rings. The SMILES string of the molecule is O=C(Nc1sc2c(c1C(=O)O)CCCC2=O)OCC1c2ccccc2-c2ccccc21. The molecular formula is C24H19NO5S. The minimum atomic E-state index is -1.15. The van der Waals surface area contributed by atoms with Crippen LogP contribution in [0.1, 0.15) is 55.5 Å². The molecule has 0 spiro atoms. The summed E-state index contributed by atoms with van der Waals surface area (Å²) < 4.78 is 5.52. The highest BCUT2D eigenvalue weighted by molar-refractivity contribution is 7.18. The van der Waals surface area contributed by atoms with E-state index in [1.165, 1.54) is 0 Å². The summed E-state index contributed by atoms with van der Waals surface area (Å²) in [6.45, 7) is 0.131. The van der Waals surface area contributed by atoms with Gasteiger partial charge in [0.05, 0.1) is 10.4 Å². The number of Topliss-reactive ketones (excluding diaryl/α,β-unsaturated/α-hetero) is 1. The van der Waals surface area contributed by atoms with E-state index < -0.39 is 12.1 Å². The number of anilines is 1. The van der Waals surface area contributed by atoms with Crippen LogP contribution in [-0.2, 0) is 11.2 Å². The molecule has 0 atom stereocenters. The van der Waals surface area contributed by atoms with Gasteiger partial charge in [-0.3, -0.25) is 10.1 Å². The molecule has 0 saturated heterocycles. The number of benzene rings is 2. The summed E-state index contributed by atoms with van der Waals surface area (Å²) in [5.74, 6) is -1.31. The number of carbonyl (C=O) groups is 3. The lowest BCUT2D eigenvalue weighted by molar-refractivity contribution is 0.0697. The molecule has 0 radical (unpaired) electrons. The molecule has 2 aliphatic carbocycles. The Morgan fingerprint density at radius 3 is 2.32 bits per heavy atom. The molecule has 2 N–H and O–H groups in total. The molecule has 7 heteroatoms. The number of carboxylic acids is 1. The first kappa shape index (κ1) is 19.5. The zero-order valence-electron chi connectivity index (χ0n) is 16.5. The molecule has 31 heavy (non-hydrogen) atoms. The quantitative estimate of drug-likeness (QED) is 0.580. The van der Waals surface area contributed by atoms with Crippen LogP contribution in [0.2, 0.25) is 0 Å². The van der Waals surface area contributed by atoms with Crippen LogP contribution in [0.3, 0.4) is 0 Å². The highest BCUT2D eigenvalue weighted by Crippen LogP contribution is 2.44. The summed E-state index contributed by atoms with van der Waals surface area (Å²) in [6.07, 6.45) is 0.811. The fourth-order valence-electron chi connectivity index (χ4n) is 4.51. The number of carboxylic acid groups (broad SMARTS) is 1. The first-order chi connectivity index (χ1) is 15.0. The van der Waals surface area contributed by atoms with Gasteiger partial charge in [-0.15, -0.1) is 11.3 Å². The van der Waals surface area contributed by atoms with Crippen LogP contribution in [0, 0.1) is 0 Å². The second-order valence-corrected chi connectivity index (χ2v) is 8.67. The second-order valence-electron chi connectivity index (χ2n) is 7.65. The van der Waals surface area contributed by atoms with Crippen LogP contribution in [0.4, 0.5) is 9.80 Å². The van der Waals surface area contributed by atoms with E-state index in [1.54, 1.807) is 0 Å². The van der Waals surface area contributed by atoms with Crippen molar-refractivity contribution in [2.75, 3.05) is 11.9 Å². The normalized spacial score (nSPS) is 14.5. The van der Waals surface area contributed by atoms with Gasteiger partial charge in [-0.2, -0.15) is 0 Å². The molecule has 0 bridgehead atoms. The van der Waals surface area contributed by atoms with Crippen molar-refractivity contribution in [2.45, 2.75) is 25.2 Å². The minimum Gasteiger partial charge on any atom is -0.478 e. The van der Waals surface area contributed by atoms with E-state index in [0.717, 1.165) is 33.6 Å². The Morgan fingerprint density at radius 1 is 1.03 bits per heavy atom. The fourth-order valence-corrected chi connectivity index (χ4v) is 5.70.